The van der Waals surface area contributed by atoms with Gasteiger partial charge in [0.05, 0.1) is 21.3 Å². The van der Waals surface area contributed by atoms with Crippen molar-refractivity contribution in [1.29, 1.82) is 0 Å². The van der Waals surface area contributed by atoms with Crippen molar-refractivity contribution in [2.24, 2.45) is 7.05 Å². The third kappa shape index (κ3) is 5.24. The lowest BCUT2D eigenvalue weighted by atomic mass is 10.1. The van der Waals surface area contributed by atoms with Gasteiger partial charge in [-0.05, 0) is 31.5 Å². The lowest BCUT2D eigenvalue weighted by Gasteiger charge is -2.13. The van der Waals surface area contributed by atoms with E-state index in [-0.39, 0.29) is 11.9 Å². The molecule has 6 nitrogen and oxygen atoms in total. The summed E-state index contributed by atoms with van der Waals surface area (Å²) in [6.07, 6.45) is 7.30. The molecular formula is C22H27Cl2N5O. The molecule has 2 heterocycles. The maximum atomic E-state index is 12.6. The summed E-state index contributed by atoms with van der Waals surface area (Å²) in [6.45, 7) is 4.22. The van der Waals surface area contributed by atoms with Gasteiger partial charge >= 0.3 is 0 Å². The van der Waals surface area contributed by atoms with Crippen molar-refractivity contribution in [3.63, 3.8) is 0 Å². The molecule has 0 radical (unpaired) electrons. The predicted octanol–water partition coefficient (Wildman–Crippen LogP) is 6.11. The molecule has 3 rings (SSSR count). The number of amides is 1. The minimum Gasteiger partial charge on any atom is -0.350 e. The summed E-state index contributed by atoms with van der Waals surface area (Å²) in [6, 6.07) is 7.15. The number of carbonyl (C=O) groups excluding carboxylic acids is 1. The largest absolute Gasteiger partial charge is 0.350 e. The monoisotopic (exact) mass is 447 g/mol. The SMILES string of the molecule is CCCCCCC(C)NC(=O)c1cnc2c(c1)nc(Nc1c(Cl)cccc1Cl)n2C. The Hall–Kier alpha value is -2.31. The molecule has 0 bridgehead atoms. The second-order valence-electron chi connectivity index (χ2n) is 7.51. The van der Waals surface area contributed by atoms with E-state index >= 15 is 0 Å². The molecule has 0 aliphatic carbocycles. The highest BCUT2D eigenvalue weighted by Crippen LogP contribution is 2.32. The first-order valence-electron chi connectivity index (χ1n) is 10.2. The van der Waals surface area contributed by atoms with Crippen LogP contribution < -0.4 is 10.6 Å². The van der Waals surface area contributed by atoms with Gasteiger partial charge in [-0.1, -0.05) is 61.9 Å². The van der Waals surface area contributed by atoms with E-state index in [0.717, 1.165) is 12.8 Å². The number of pyridine rings is 1. The summed E-state index contributed by atoms with van der Waals surface area (Å²) in [5.74, 6) is 0.399. The molecule has 0 saturated heterocycles. The van der Waals surface area contributed by atoms with Gasteiger partial charge in [-0.3, -0.25) is 9.36 Å². The van der Waals surface area contributed by atoms with Crippen LogP contribution in [0.25, 0.3) is 11.2 Å². The van der Waals surface area contributed by atoms with Crippen LogP contribution in [0.5, 0.6) is 0 Å². The van der Waals surface area contributed by atoms with E-state index in [1.165, 1.54) is 19.3 Å². The zero-order valence-electron chi connectivity index (χ0n) is 17.5. The normalized spacial score (nSPS) is 12.2. The van der Waals surface area contributed by atoms with E-state index in [2.05, 4.69) is 27.5 Å². The van der Waals surface area contributed by atoms with Gasteiger partial charge in [-0.2, -0.15) is 0 Å². The highest BCUT2D eigenvalue weighted by atomic mass is 35.5. The van der Waals surface area contributed by atoms with Crippen molar-refractivity contribution in [2.75, 3.05) is 5.32 Å². The number of benzene rings is 1. The zero-order chi connectivity index (χ0) is 21.7. The first kappa shape index (κ1) is 22.4. The number of rotatable bonds is 9. The van der Waals surface area contributed by atoms with Crippen molar-refractivity contribution in [3.8, 4) is 0 Å². The number of nitrogens with zero attached hydrogens (tertiary/aromatic N) is 3. The molecule has 1 atom stereocenters. The molecule has 1 unspecified atom stereocenters. The molecule has 1 amide bonds. The Morgan fingerprint density at radius 2 is 1.93 bits per heavy atom. The van der Waals surface area contributed by atoms with E-state index in [0.29, 0.717) is 38.4 Å². The molecule has 0 aliphatic heterocycles. The predicted molar refractivity (Wildman–Crippen MR) is 124 cm³/mol. The van der Waals surface area contributed by atoms with Crippen LogP contribution in [0.4, 0.5) is 11.6 Å². The van der Waals surface area contributed by atoms with Gasteiger partial charge in [-0.15, -0.1) is 0 Å². The molecule has 0 spiro atoms. The molecule has 3 aromatic rings. The van der Waals surface area contributed by atoms with E-state index in [1.54, 1.807) is 35.0 Å². The first-order valence-corrected chi connectivity index (χ1v) is 11.0. The van der Waals surface area contributed by atoms with Crippen molar-refractivity contribution >= 4 is 51.9 Å². The molecule has 2 aromatic heterocycles. The van der Waals surface area contributed by atoms with Crippen molar-refractivity contribution in [2.45, 2.75) is 52.0 Å². The van der Waals surface area contributed by atoms with E-state index in [1.807, 2.05) is 14.0 Å². The molecule has 8 heteroatoms. The lowest BCUT2D eigenvalue weighted by molar-refractivity contribution is 0.0937. The van der Waals surface area contributed by atoms with Gasteiger partial charge < -0.3 is 10.6 Å². The first-order chi connectivity index (χ1) is 14.4. The molecule has 2 N–H and O–H groups in total. The number of fused-ring (bicyclic) bond motifs is 1. The van der Waals surface area contributed by atoms with Crippen molar-refractivity contribution in [3.05, 3.63) is 46.1 Å². The number of aryl methyl sites for hydroxylation is 1. The van der Waals surface area contributed by atoms with Crippen LogP contribution in [0, 0.1) is 0 Å². The average molecular weight is 448 g/mol. The number of carbonyl (C=O) groups is 1. The summed E-state index contributed by atoms with van der Waals surface area (Å²) in [5, 5.41) is 7.20. The summed E-state index contributed by atoms with van der Waals surface area (Å²) in [4.78, 5) is 21.6. The highest BCUT2D eigenvalue weighted by Gasteiger charge is 2.16. The maximum Gasteiger partial charge on any atom is 0.253 e. The van der Waals surface area contributed by atoms with Crippen LogP contribution in [0.1, 0.15) is 56.3 Å². The number of aromatic nitrogens is 3. The third-order valence-electron chi connectivity index (χ3n) is 5.04. The Labute approximate surface area is 187 Å². The number of hydrogen-bond donors (Lipinski definition) is 2. The quantitative estimate of drug-likeness (QED) is 0.388. The van der Waals surface area contributed by atoms with Gasteiger partial charge in [-0.25, -0.2) is 9.97 Å². The zero-order valence-corrected chi connectivity index (χ0v) is 19.0. The summed E-state index contributed by atoms with van der Waals surface area (Å²) in [7, 11) is 1.84. The fourth-order valence-electron chi connectivity index (χ4n) is 3.30. The molecule has 0 aliphatic rings. The lowest BCUT2D eigenvalue weighted by Crippen LogP contribution is -2.32. The average Bonchev–Trinajstić information content (AvgIpc) is 3.03. The van der Waals surface area contributed by atoms with Gasteiger partial charge in [0.1, 0.15) is 5.52 Å². The van der Waals surface area contributed by atoms with E-state index < -0.39 is 0 Å². The van der Waals surface area contributed by atoms with Crippen LogP contribution in [0.15, 0.2) is 30.5 Å². The molecule has 0 fully saturated rings. The Balaban J connectivity index is 1.74. The number of anilines is 2. The number of para-hydroxylation sites is 1. The fourth-order valence-corrected chi connectivity index (χ4v) is 3.79. The molecule has 0 saturated carbocycles. The third-order valence-corrected chi connectivity index (χ3v) is 5.67. The van der Waals surface area contributed by atoms with Crippen LogP contribution in [-0.2, 0) is 7.05 Å². The Morgan fingerprint density at radius 3 is 2.63 bits per heavy atom. The van der Waals surface area contributed by atoms with Gasteiger partial charge in [0.25, 0.3) is 5.91 Å². The van der Waals surface area contributed by atoms with Crippen molar-refractivity contribution in [1.82, 2.24) is 19.9 Å². The Kier molecular flexibility index (Phi) is 7.56. The van der Waals surface area contributed by atoms with E-state index in [9.17, 15) is 4.79 Å². The van der Waals surface area contributed by atoms with E-state index in [4.69, 9.17) is 23.2 Å². The Morgan fingerprint density at radius 1 is 1.20 bits per heavy atom. The molecular weight excluding hydrogens is 421 g/mol. The maximum absolute atomic E-state index is 12.6. The number of imidazole rings is 1. The standard InChI is InChI=1S/C22H27Cl2N5O/c1-4-5-6-7-9-14(2)26-21(30)15-12-18-20(25-13-15)29(3)22(27-18)28-19-16(23)10-8-11-17(19)24/h8,10-14H,4-7,9H2,1-3H3,(H,26,30)(H,27,28). The van der Waals surface area contributed by atoms with Gasteiger partial charge in [0.15, 0.2) is 5.65 Å². The summed E-state index contributed by atoms with van der Waals surface area (Å²) < 4.78 is 1.80. The van der Waals surface area contributed by atoms with Gasteiger partial charge in [0, 0.05) is 19.3 Å². The number of hydrogen-bond acceptors (Lipinski definition) is 4. The molecule has 160 valence electrons. The highest BCUT2D eigenvalue weighted by molar-refractivity contribution is 6.39. The molecule has 30 heavy (non-hydrogen) atoms. The number of unbranched alkanes of at least 4 members (excludes halogenated alkanes) is 3. The van der Waals surface area contributed by atoms with Crippen molar-refractivity contribution < 1.29 is 4.79 Å². The van der Waals surface area contributed by atoms with Crippen LogP contribution in [-0.4, -0.2) is 26.5 Å². The van der Waals surface area contributed by atoms with Crippen LogP contribution >= 0.6 is 23.2 Å². The summed E-state index contributed by atoms with van der Waals surface area (Å²) in [5.41, 5.74) is 2.34. The number of halogens is 2. The summed E-state index contributed by atoms with van der Waals surface area (Å²) >= 11 is 12.5. The fraction of sp³-hybridized carbons (Fsp3) is 0.409. The second kappa shape index (κ2) is 10.1. The topological polar surface area (TPSA) is 71.8 Å². The van der Waals surface area contributed by atoms with Crippen LogP contribution in [0.2, 0.25) is 10.0 Å². The molecule has 1 aromatic carbocycles. The van der Waals surface area contributed by atoms with Gasteiger partial charge in [0.2, 0.25) is 5.95 Å². The van der Waals surface area contributed by atoms with Crippen LogP contribution in [0.3, 0.4) is 0 Å². The number of nitrogens with one attached hydrogen (secondary N) is 2. The Bertz CT molecular complexity index is 1010. The smallest absolute Gasteiger partial charge is 0.253 e. The second-order valence-corrected chi connectivity index (χ2v) is 8.32. The minimum absolute atomic E-state index is 0.119. The minimum atomic E-state index is -0.137.